The minimum absolute atomic E-state index is 0.236. The lowest BCUT2D eigenvalue weighted by Crippen LogP contribution is -2.36. The monoisotopic (exact) mass is 279 g/mol. The Morgan fingerprint density at radius 2 is 2.05 bits per heavy atom. The number of nitrogens with one attached hydrogen (secondary N) is 1. The normalized spacial score (nSPS) is 23.9. The summed E-state index contributed by atoms with van der Waals surface area (Å²) in [4.78, 5) is 11.6. The largest absolute Gasteiger partial charge is 0.448 e. The van der Waals surface area contributed by atoms with Crippen molar-refractivity contribution < 1.29 is 25.0 Å². The van der Waals surface area contributed by atoms with Gasteiger partial charge in [0.2, 0.25) is 0 Å². The van der Waals surface area contributed by atoms with Gasteiger partial charge in [0.25, 0.3) is 0 Å². The zero-order chi connectivity index (χ0) is 14.5. The number of carbonyl (C=O) groups is 1. The highest BCUT2D eigenvalue weighted by Crippen LogP contribution is 2.15. The molecule has 20 heavy (non-hydrogen) atoms. The highest BCUT2D eigenvalue weighted by atomic mass is 16.6. The zero-order valence-corrected chi connectivity index (χ0v) is 10.3. The second-order valence-electron chi connectivity index (χ2n) is 4.00. The van der Waals surface area contributed by atoms with Gasteiger partial charge in [-0.25, -0.2) is 4.79 Å². The third kappa shape index (κ3) is 2.76. The van der Waals surface area contributed by atoms with E-state index in [4.69, 9.17) is 15.1 Å². The van der Waals surface area contributed by atoms with E-state index in [1.54, 1.807) is 24.3 Å². The van der Waals surface area contributed by atoms with Crippen LogP contribution in [0, 0.1) is 0 Å². The van der Waals surface area contributed by atoms with Gasteiger partial charge in [-0.2, -0.15) is 5.10 Å². The first-order valence-electron chi connectivity index (χ1n) is 5.78. The standard InChI is InChI=1S/C12H13N3O5/c16-6-8(17)11-9(15-19)10(12(18)20-11)14-13-7-4-2-1-3-5-7/h1-5,8,11,13,16-17,19H,6H2/b14-10+,15-9-. The van der Waals surface area contributed by atoms with Gasteiger partial charge in [0.05, 0.1) is 12.3 Å². The van der Waals surface area contributed by atoms with E-state index in [1.165, 1.54) is 0 Å². The lowest BCUT2D eigenvalue weighted by atomic mass is 10.1. The van der Waals surface area contributed by atoms with Gasteiger partial charge in [-0.3, -0.25) is 5.43 Å². The van der Waals surface area contributed by atoms with Crippen LogP contribution in [0.15, 0.2) is 40.6 Å². The number of nitrogens with zero attached hydrogens (tertiary/aromatic N) is 2. The third-order valence-electron chi connectivity index (χ3n) is 2.65. The Morgan fingerprint density at radius 3 is 2.65 bits per heavy atom. The number of ether oxygens (including phenoxy) is 1. The van der Waals surface area contributed by atoms with Crippen LogP contribution in [-0.4, -0.2) is 51.6 Å². The zero-order valence-electron chi connectivity index (χ0n) is 10.3. The van der Waals surface area contributed by atoms with Crippen molar-refractivity contribution in [3.63, 3.8) is 0 Å². The van der Waals surface area contributed by atoms with Crippen LogP contribution >= 0.6 is 0 Å². The van der Waals surface area contributed by atoms with Crippen LogP contribution in [0.25, 0.3) is 0 Å². The summed E-state index contributed by atoms with van der Waals surface area (Å²) in [5.41, 5.74) is 2.74. The first-order chi connectivity index (χ1) is 9.67. The molecular weight excluding hydrogens is 266 g/mol. The van der Waals surface area contributed by atoms with Crippen molar-refractivity contribution in [1.29, 1.82) is 0 Å². The summed E-state index contributed by atoms with van der Waals surface area (Å²) in [6, 6.07) is 8.81. The molecule has 8 nitrogen and oxygen atoms in total. The first-order valence-corrected chi connectivity index (χ1v) is 5.78. The number of carbonyl (C=O) groups excluding carboxylic acids is 1. The van der Waals surface area contributed by atoms with Crippen molar-refractivity contribution in [3.8, 4) is 0 Å². The molecule has 1 aliphatic rings. The number of hydrogen-bond donors (Lipinski definition) is 4. The van der Waals surface area contributed by atoms with Crippen LogP contribution in [0.3, 0.4) is 0 Å². The molecular formula is C12H13N3O5. The van der Waals surface area contributed by atoms with E-state index < -0.39 is 24.8 Å². The highest BCUT2D eigenvalue weighted by molar-refractivity contribution is 6.69. The molecule has 1 saturated heterocycles. The maximum Gasteiger partial charge on any atom is 0.361 e. The van der Waals surface area contributed by atoms with Gasteiger partial charge >= 0.3 is 5.97 Å². The minimum atomic E-state index is -1.38. The third-order valence-corrected chi connectivity index (χ3v) is 2.65. The number of rotatable bonds is 4. The molecule has 2 rings (SSSR count). The Morgan fingerprint density at radius 1 is 1.35 bits per heavy atom. The number of aliphatic hydroxyl groups is 2. The predicted molar refractivity (Wildman–Crippen MR) is 69.7 cm³/mol. The van der Waals surface area contributed by atoms with E-state index >= 15 is 0 Å². The number of aliphatic hydroxyl groups excluding tert-OH is 2. The molecule has 1 aromatic rings. The molecule has 2 unspecified atom stereocenters. The fraction of sp³-hybridized carbons (Fsp3) is 0.250. The first kappa shape index (κ1) is 14.0. The van der Waals surface area contributed by atoms with Gasteiger partial charge in [-0.05, 0) is 12.1 Å². The highest BCUT2D eigenvalue weighted by Gasteiger charge is 2.43. The van der Waals surface area contributed by atoms with Crippen molar-refractivity contribution in [2.45, 2.75) is 12.2 Å². The molecule has 0 aromatic heterocycles. The average Bonchev–Trinajstić information content (AvgIpc) is 2.81. The molecule has 8 heteroatoms. The minimum Gasteiger partial charge on any atom is -0.448 e. The van der Waals surface area contributed by atoms with E-state index in [0.717, 1.165) is 0 Å². The SMILES string of the molecule is O=C1OC(C(O)CO)C(=N\O)/C1=N\Nc1ccccc1. The molecule has 1 heterocycles. The van der Waals surface area contributed by atoms with Crippen LogP contribution in [0.5, 0.6) is 0 Å². The summed E-state index contributed by atoms with van der Waals surface area (Å²) >= 11 is 0. The number of benzene rings is 1. The Bertz CT molecular complexity index is 543. The second-order valence-corrected chi connectivity index (χ2v) is 4.00. The molecule has 0 spiro atoms. The average molecular weight is 279 g/mol. The summed E-state index contributed by atoms with van der Waals surface area (Å²) in [6.07, 6.45) is -2.62. The van der Waals surface area contributed by atoms with Crippen LogP contribution in [0.1, 0.15) is 0 Å². The Hall–Kier alpha value is -2.45. The molecule has 106 valence electrons. The Balaban J connectivity index is 2.20. The number of hydrazone groups is 1. The molecule has 0 aliphatic carbocycles. The van der Waals surface area contributed by atoms with Gasteiger partial charge in [0, 0.05) is 0 Å². The van der Waals surface area contributed by atoms with Crippen molar-refractivity contribution in [2.24, 2.45) is 10.3 Å². The quantitative estimate of drug-likeness (QED) is 0.336. The smallest absolute Gasteiger partial charge is 0.361 e. The molecule has 2 atom stereocenters. The maximum absolute atomic E-state index is 11.6. The van der Waals surface area contributed by atoms with Gasteiger partial charge in [-0.15, -0.1) is 0 Å². The lowest BCUT2D eigenvalue weighted by Gasteiger charge is -2.13. The van der Waals surface area contributed by atoms with Gasteiger partial charge in [0.1, 0.15) is 6.10 Å². The van der Waals surface area contributed by atoms with E-state index in [0.29, 0.717) is 5.69 Å². The fourth-order valence-corrected chi connectivity index (χ4v) is 1.66. The van der Waals surface area contributed by atoms with Crippen LogP contribution in [0.4, 0.5) is 5.69 Å². The van der Waals surface area contributed by atoms with Crippen molar-refractivity contribution in [1.82, 2.24) is 0 Å². The summed E-state index contributed by atoms with van der Waals surface area (Å²) in [6.45, 7) is -0.642. The molecule has 1 aromatic carbocycles. The van der Waals surface area contributed by atoms with E-state index in [9.17, 15) is 9.90 Å². The summed E-state index contributed by atoms with van der Waals surface area (Å²) in [5, 5.41) is 34.0. The fourth-order valence-electron chi connectivity index (χ4n) is 1.66. The number of anilines is 1. The molecule has 1 fully saturated rings. The van der Waals surface area contributed by atoms with E-state index in [2.05, 4.69) is 15.7 Å². The molecule has 0 bridgehead atoms. The molecule has 0 saturated carbocycles. The van der Waals surface area contributed by atoms with Crippen molar-refractivity contribution in [3.05, 3.63) is 30.3 Å². The second kappa shape index (κ2) is 6.13. The summed E-state index contributed by atoms with van der Waals surface area (Å²) in [5.74, 6) is -0.848. The molecule has 0 amide bonds. The van der Waals surface area contributed by atoms with Crippen LogP contribution in [-0.2, 0) is 9.53 Å². The Labute approximate surface area is 114 Å². The van der Waals surface area contributed by atoms with Gasteiger partial charge < -0.3 is 20.2 Å². The number of para-hydroxylation sites is 1. The van der Waals surface area contributed by atoms with Gasteiger partial charge in [0.15, 0.2) is 17.5 Å². The maximum atomic E-state index is 11.6. The van der Waals surface area contributed by atoms with Crippen LogP contribution < -0.4 is 5.43 Å². The topological polar surface area (TPSA) is 124 Å². The lowest BCUT2D eigenvalue weighted by molar-refractivity contribution is -0.140. The van der Waals surface area contributed by atoms with Crippen molar-refractivity contribution in [2.75, 3.05) is 12.0 Å². The Kier molecular flexibility index (Phi) is 4.28. The van der Waals surface area contributed by atoms with Gasteiger partial charge in [-0.1, -0.05) is 23.4 Å². The molecule has 0 radical (unpaired) electrons. The van der Waals surface area contributed by atoms with Crippen LogP contribution in [0.2, 0.25) is 0 Å². The number of oxime groups is 1. The predicted octanol–water partition coefficient (Wildman–Crippen LogP) is -0.437. The summed E-state index contributed by atoms with van der Waals surface area (Å²) < 4.78 is 4.81. The number of cyclic esters (lactones) is 1. The van der Waals surface area contributed by atoms with E-state index in [1.807, 2.05) is 6.07 Å². The van der Waals surface area contributed by atoms with E-state index in [-0.39, 0.29) is 11.4 Å². The molecule has 1 aliphatic heterocycles. The van der Waals surface area contributed by atoms with Crippen molar-refractivity contribution >= 4 is 23.1 Å². The number of esters is 1. The number of hydrogen-bond acceptors (Lipinski definition) is 8. The molecule has 4 N–H and O–H groups in total. The summed E-state index contributed by atoms with van der Waals surface area (Å²) in [7, 11) is 0.